The van der Waals surface area contributed by atoms with Crippen molar-refractivity contribution < 1.29 is 19.0 Å². The molecule has 0 unspecified atom stereocenters. The van der Waals surface area contributed by atoms with Gasteiger partial charge in [0, 0.05) is 56.6 Å². The number of carbonyl (C=O) groups excluding carboxylic acids is 1. The van der Waals surface area contributed by atoms with Crippen LogP contribution in [0.25, 0.3) is 0 Å². The van der Waals surface area contributed by atoms with E-state index in [2.05, 4.69) is 16.2 Å². The standard InChI is InChI=1S/C23H31ClN4O4/c1-18-19(14-26(2)25-18)15-27-7-12-32-23(16-27,13-22(29)28-8-10-30-11-9-28)17-31-21-5-3-20(24)4-6-21/h3-6,14H,7-13,15-17H2,1-2H3/t23-/m0/s1. The Kier molecular flexibility index (Phi) is 7.35. The van der Waals surface area contributed by atoms with Crippen molar-refractivity contribution in [1.29, 1.82) is 0 Å². The minimum absolute atomic E-state index is 0.0763. The number of halogens is 1. The first-order valence-electron chi connectivity index (χ1n) is 11.0. The third-order valence-corrected chi connectivity index (χ3v) is 6.24. The maximum atomic E-state index is 13.1. The third-order valence-electron chi connectivity index (χ3n) is 5.99. The fourth-order valence-corrected chi connectivity index (χ4v) is 4.42. The average molecular weight is 463 g/mol. The number of aryl methyl sites for hydroxylation is 2. The molecule has 1 amide bonds. The van der Waals surface area contributed by atoms with Gasteiger partial charge in [0.05, 0.1) is 31.9 Å². The van der Waals surface area contributed by atoms with Crippen LogP contribution < -0.4 is 4.74 Å². The van der Waals surface area contributed by atoms with Gasteiger partial charge in [-0.1, -0.05) is 11.6 Å². The summed E-state index contributed by atoms with van der Waals surface area (Å²) in [5.41, 5.74) is 1.47. The molecule has 0 aliphatic carbocycles. The second-order valence-corrected chi connectivity index (χ2v) is 9.00. The second kappa shape index (κ2) is 10.2. The van der Waals surface area contributed by atoms with Crippen LogP contribution in [0.15, 0.2) is 30.5 Å². The van der Waals surface area contributed by atoms with Gasteiger partial charge in [0.15, 0.2) is 0 Å². The molecule has 2 aliphatic heterocycles. The minimum atomic E-state index is -0.733. The number of aromatic nitrogens is 2. The number of hydrogen-bond acceptors (Lipinski definition) is 6. The Labute approximate surface area is 194 Å². The van der Waals surface area contributed by atoms with Crippen LogP contribution in [0.3, 0.4) is 0 Å². The summed E-state index contributed by atoms with van der Waals surface area (Å²) in [6.07, 6.45) is 2.32. The van der Waals surface area contributed by atoms with Crippen LogP contribution >= 0.6 is 11.6 Å². The molecule has 0 saturated carbocycles. The van der Waals surface area contributed by atoms with E-state index in [9.17, 15) is 4.79 Å². The van der Waals surface area contributed by atoms with Gasteiger partial charge < -0.3 is 19.1 Å². The lowest BCUT2D eigenvalue weighted by Crippen LogP contribution is -2.57. The van der Waals surface area contributed by atoms with E-state index in [0.717, 1.165) is 18.8 Å². The van der Waals surface area contributed by atoms with Gasteiger partial charge >= 0.3 is 0 Å². The third kappa shape index (κ3) is 5.81. The molecule has 3 heterocycles. The predicted molar refractivity (Wildman–Crippen MR) is 121 cm³/mol. The Morgan fingerprint density at radius 3 is 2.62 bits per heavy atom. The molecule has 0 bridgehead atoms. The maximum Gasteiger partial charge on any atom is 0.225 e. The summed E-state index contributed by atoms with van der Waals surface area (Å²) in [5, 5.41) is 5.11. The highest BCUT2D eigenvalue weighted by molar-refractivity contribution is 6.30. The molecule has 9 heteroatoms. The SMILES string of the molecule is Cc1nn(C)cc1CN1CCO[C@@](COc2ccc(Cl)cc2)(CC(=O)N2CCOCC2)C1. The first-order chi connectivity index (χ1) is 15.4. The van der Waals surface area contributed by atoms with Crippen molar-refractivity contribution in [3.63, 3.8) is 0 Å². The monoisotopic (exact) mass is 462 g/mol. The summed E-state index contributed by atoms with van der Waals surface area (Å²) in [4.78, 5) is 17.3. The number of hydrogen-bond donors (Lipinski definition) is 0. The fourth-order valence-electron chi connectivity index (χ4n) is 4.29. The lowest BCUT2D eigenvalue weighted by molar-refractivity contribution is -0.159. The topological polar surface area (TPSA) is 69.1 Å². The molecule has 4 rings (SSSR count). The lowest BCUT2D eigenvalue weighted by Gasteiger charge is -2.43. The van der Waals surface area contributed by atoms with Crippen LogP contribution in [-0.2, 0) is 27.9 Å². The van der Waals surface area contributed by atoms with E-state index in [1.807, 2.05) is 35.7 Å². The van der Waals surface area contributed by atoms with Crippen molar-refractivity contribution in [2.45, 2.75) is 25.5 Å². The van der Waals surface area contributed by atoms with E-state index in [0.29, 0.717) is 50.2 Å². The molecular weight excluding hydrogens is 432 g/mol. The Morgan fingerprint density at radius 2 is 1.94 bits per heavy atom. The smallest absolute Gasteiger partial charge is 0.225 e. The van der Waals surface area contributed by atoms with E-state index in [1.54, 1.807) is 12.1 Å². The zero-order valence-electron chi connectivity index (χ0n) is 18.8. The average Bonchev–Trinajstić information content (AvgIpc) is 3.10. The molecule has 1 atom stereocenters. The number of rotatable bonds is 7. The van der Waals surface area contributed by atoms with Crippen LogP contribution in [0.5, 0.6) is 5.75 Å². The Balaban J connectivity index is 1.49. The van der Waals surface area contributed by atoms with Gasteiger partial charge in [0.25, 0.3) is 0 Å². The summed E-state index contributed by atoms with van der Waals surface area (Å²) in [6, 6.07) is 7.25. The van der Waals surface area contributed by atoms with E-state index in [1.165, 1.54) is 5.56 Å². The molecule has 8 nitrogen and oxygen atoms in total. The highest BCUT2D eigenvalue weighted by atomic mass is 35.5. The first kappa shape index (κ1) is 23.0. The zero-order chi connectivity index (χ0) is 22.6. The van der Waals surface area contributed by atoms with E-state index >= 15 is 0 Å². The number of amides is 1. The highest BCUT2D eigenvalue weighted by Crippen LogP contribution is 2.27. The van der Waals surface area contributed by atoms with Crippen LogP contribution in [0.4, 0.5) is 0 Å². The summed E-state index contributed by atoms with van der Waals surface area (Å²) >= 11 is 6.00. The maximum absolute atomic E-state index is 13.1. The van der Waals surface area contributed by atoms with E-state index in [-0.39, 0.29) is 18.9 Å². The van der Waals surface area contributed by atoms with Crippen molar-refractivity contribution in [3.05, 3.63) is 46.7 Å². The molecule has 0 radical (unpaired) electrons. The Hall–Kier alpha value is -2.13. The fraction of sp³-hybridized carbons (Fsp3) is 0.565. The minimum Gasteiger partial charge on any atom is -0.491 e. The second-order valence-electron chi connectivity index (χ2n) is 8.57. The van der Waals surface area contributed by atoms with Crippen molar-refractivity contribution in [1.82, 2.24) is 19.6 Å². The molecule has 2 aliphatic rings. The highest BCUT2D eigenvalue weighted by Gasteiger charge is 2.41. The number of carbonyl (C=O) groups is 1. The van der Waals surface area contributed by atoms with Gasteiger partial charge in [-0.3, -0.25) is 14.4 Å². The molecule has 32 heavy (non-hydrogen) atoms. The quantitative estimate of drug-likeness (QED) is 0.628. The summed E-state index contributed by atoms with van der Waals surface area (Å²) in [5.74, 6) is 0.781. The van der Waals surface area contributed by atoms with E-state index in [4.69, 9.17) is 25.8 Å². The molecule has 1 aromatic carbocycles. The van der Waals surface area contributed by atoms with Gasteiger partial charge in [0.1, 0.15) is 18.0 Å². The van der Waals surface area contributed by atoms with Crippen molar-refractivity contribution in [3.8, 4) is 5.75 Å². The van der Waals surface area contributed by atoms with Crippen molar-refractivity contribution >= 4 is 17.5 Å². The first-order valence-corrected chi connectivity index (χ1v) is 11.4. The Bertz CT molecular complexity index is 913. The van der Waals surface area contributed by atoms with Crippen LogP contribution in [0.1, 0.15) is 17.7 Å². The zero-order valence-corrected chi connectivity index (χ0v) is 19.5. The van der Waals surface area contributed by atoms with Gasteiger partial charge in [-0.2, -0.15) is 5.10 Å². The van der Waals surface area contributed by atoms with Gasteiger partial charge in [-0.15, -0.1) is 0 Å². The molecular formula is C23H31ClN4O4. The molecule has 1 aromatic heterocycles. The number of ether oxygens (including phenoxy) is 3. The molecule has 2 fully saturated rings. The predicted octanol–water partition coefficient (Wildman–Crippen LogP) is 2.28. The van der Waals surface area contributed by atoms with Crippen molar-refractivity contribution in [2.24, 2.45) is 7.05 Å². The van der Waals surface area contributed by atoms with Crippen LogP contribution in [-0.4, -0.2) is 83.7 Å². The molecule has 2 aromatic rings. The summed E-state index contributed by atoms with van der Waals surface area (Å²) in [7, 11) is 1.93. The Morgan fingerprint density at radius 1 is 1.19 bits per heavy atom. The summed E-state index contributed by atoms with van der Waals surface area (Å²) < 4.78 is 19.6. The van der Waals surface area contributed by atoms with E-state index < -0.39 is 5.60 Å². The van der Waals surface area contributed by atoms with Gasteiger partial charge in [-0.05, 0) is 31.2 Å². The van der Waals surface area contributed by atoms with Crippen LogP contribution in [0, 0.1) is 6.92 Å². The lowest BCUT2D eigenvalue weighted by atomic mass is 9.96. The largest absolute Gasteiger partial charge is 0.491 e. The van der Waals surface area contributed by atoms with Crippen molar-refractivity contribution in [2.75, 3.05) is 52.6 Å². The van der Waals surface area contributed by atoms with Gasteiger partial charge in [0.2, 0.25) is 5.91 Å². The van der Waals surface area contributed by atoms with Crippen LogP contribution in [0.2, 0.25) is 5.02 Å². The molecule has 174 valence electrons. The number of morpholine rings is 2. The molecule has 2 saturated heterocycles. The summed E-state index contributed by atoms with van der Waals surface area (Å²) in [6.45, 7) is 7.39. The number of nitrogens with zero attached hydrogens (tertiary/aromatic N) is 4. The van der Waals surface area contributed by atoms with Gasteiger partial charge in [-0.25, -0.2) is 0 Å². The molecule has 0 N–H and O–H groups in total. The normalized spacial score (nSPS) is 22.2. The molecule has 0 spiro atoms. The number of benzene rings is 1.